The van der Waals surface area contributed by atoms with Crippen LogP contribution >= 0.6 is 0 Å². The van der Waals surface area contributed by atoms with Crippen LogP contribution in [0, 0.1) is 5.92 Å². The van der Waals surface area contributed by atoms with Gasteiger partial charge in [-0.15, -0.1) is 0 Å². The molecule has 0 amide bonds. The first-order valence-electron chi connectivity index (χ1n) is 5.84. The molecule has 0 aliphatic heterocycles. The average Bonchev–Trinajstić information content (AvgIpc) is 3.20. The summed E-state index contributed by atoms with van der Waals surface area (Å²) in [7, 11) is -2.54. The van der Waals surface area contributed by atoms with Gasteiger partial charge in [0.15, 0.2) is 0 Å². The standard InChI is InChI=1S/C12H15NO5S/c1-18-9-4-2-3-5-10(9)19(16,17)13-11(12(14)15)8-6-7-8/h2-5,8,11,13H,6-7H2,1H3,(H,14,15). The van der Waals surface area contributed by atoms with E-state index in [4.69, 9.17) is 9.84 Å². The quantitative estimate of drug-likeness (QED) is 0.808. The number of hydrogen-bond acceptors (Lipinski definition) is 4. The summed E-state index contributed by atoms with van der Waals surface area (Å²) < 4.78 is 31.6. The molecule has 1 fully saturated rings. The molecule has 1 aliphatic rings. The van der Waals surface area contributed by atoms with Crippen molar-refractivity contribution in [1.82, 2.24) is 4.72 Å². The molecule has 19 heavy (non-hydrogen) atoms. The van der Waals surface area contributed by atoms with Crippen molar-refractivity contribution in [1.29, 1.82) is 0 Å². The number of sulfonamides is 1. The van der Waals surface area contributed by atoms with Crippen molar-refractivity contribution in [3.63, 3.8) is 0 Å². The van der Waals surface area contributed by atoms with Gasteiger partial charge in [0.25, 0.3) is 0 Å². The normalized spacial score (nSPS) is 16.9. The van der Waals surface area contributed by atoms with E-state index in [-0.39, 0.29) is 16.6 Å². The number of rotatable bonds is 6. The maximum absolute atomic E-state index is 12.2. The summed E-state index contributed by atoms with van der Waals surface area (Å²) in [6.07, 6.45) is 1.46. The van der Waals surface area contributed by atoms with Gasteiger partial charge in [-0.25, -0.2) is 8.42 Å². The van der Waals surface area contributed by atoms with Crippen molar-refractivity contribution in [2.45, 2.75) is 23.8 Å². The largest absolute Gasteiger partial charge is 0.495 e. The van der Waals surface area contributed by atoms with E-state index in [9.17, 15) is 13.2 Å². The minimum Gasteiger partial charge on any atom is -0.495 e. The molecule has 1 aromatic carbocycles. The van der Waals surface area contributed by atoms with Gasteiger partial charge in [-0.2, -0.15) is 4.72 Å². The van der Waals surface area contributed by atoms with Crippen LogP contribution in [-0.2, 0) is 14.8 Å². The summed E-state index contributed by atoms with van der Waals surface area (Å²) in [5.41, 5.74) is 0. The van der Waals surface area contributed by atoms with Gasteiger partial charge in [0.2, 0.25) is 10.0 Å². The Labute approximate surface area is 111 Å². The molecule has 7 heteroatoms. The lowest BCUT2D eigenvalue weighted by Crippen LogP contribution is -2.42. The average molecular weight is 285 g/mol. The van der Waals surface area contributed by atoms with E-state index >= 15 is 0 Å². The Kier molecular flexibility index (Phi) is 3.77. The fourth-order valence-corrected chi connectivity index (χ4v) is 3.28. The number of carbonyl (C=O) groups is 1. The number of hydrogen-bond donors (Lipinski definition) is 2. The van der Waals surface area contributed by atoms with Gasteiger partial charge >= 0.3 is 5.97 Å². The number of aliphatic carboxylic acids is 1. The molecule has 1 saturated carbocycles. The topological polar surface area (TPSA) is 92.7 Å². The SMILES string of the molecule is COc1ccccc1S(=O)(=O)NC(C(=O)O)C1CC1. The highest BCUT2D eigenvalue weighted by molar-refractivity contribution is 7.89. The van der Waals surface area contributed by atoms with Crippen molar-refractivity contribution >= 4 is 16.0 Å². The number of para-hydroxylation sites is 1. The number of methoxy groups -OCH3 is 1. The monoisotopic (exact) mass is 285 g/mol. The van der Waals surface area contributed by atoms with Crippen LogP contribution in [0.5, 0.6) is 5.75 Å². The molecule has 1 aromatic rings. The second-order valence-electron chi connectivity index (χ2n) is 4.43. The number of nitrogens with one attached hydrogen (secondary N) is 1. The van der Waals surface area contributed by atoms with Crippen LogP contribution in [0.4, 0.5) is 0 Å². The lowest BCUT2D eigenvalue weighted by molar-refractivity contribution is -0.139. The lowest BCUT2D eigenvalue weighted by atomic mass is 10.2. The highest BCUT2D eigenvalue weighted by Gasteiger charge is 2.39. The highest BCUT2D eigenvalue weighted by Crippen LogP contribution is 2.34. The van der Waals surface area contributed by atoms with Crippen molar-refractivity contribution in [2.24, 2.45) is 5.92 Å². The Bertz CT molecular complexity index is 580. The third kappa shape index (κ3) is 3.05. The van der Waals surface area contributed by atoms with E-state index in [2.05, 4.69) is 4.72 Å². The Hall–Kier alpha value is -1.60. The van der Waals surface area contributed by atoms with Crippen molar-refractivity contribution < 1.29 is 23.1 Å². The Balaban J connectivity index is 2.29. The van der Waals surface area contributed by atoms with E-state index in [1.807, 2.05) is 0 Å². The summed E-state index contributed by atoms with van der Waals surface area (Å²) in [6.45, 7) is 0. The zero-order chi connectivity index (χ0) is 14.0. The minimum atomic E-state index is -3.91. The molecule has 2 N–H and O–H groups in total. The number of ether oxygens (including phenoxy) is 1. The van der Waals surface area contributed by atoms with Gasteiger partial charge in [-0.3, -0.25) is 4.79 Å². The van der Waals surface area contributed by atoms with E-state index in [1.165, 1.54) is 19.2 Å². The molecule has 104 valence electrons. The molecule has 0 heterocycles. The Morgan fingerprint density at radius 2 is 2.05 bits per heavy atom. The van der Waals surface area contributed by atoms with Crippen molar-refractivity contribution in [3.05, 3.63) is 24.3 Å². The molecule has 0 bridgehead atoms. The maximum Gasteiger partial charge on any atom is 0.322 e. The molecule has 0 saturated heterocycles. The van der Waals surface area contributed by atoms with Crippen LogP contribution in [0.15, 0.2) is 29.2 Å². The van der Waals surface area contributed by atoms with E-state index in [0.717, 1.165) is 12.8 Å². The van der Waals surface area contributed by atoms with Gasteiger partial charge in [0.05, 0.1) is 7.11 Å². The van der Waals surface area contributed by atoms with Gasteiger partial charge < -0.3 is 9.84 Å². The van der Waals surface area contributed by atoms with E-state index in [0.29, 0.717) is 0 Å². The predicted molar refractivity (Wildman–Crippen MR) is 67.5 cm³/mol. The van der Waals surface area contributed by atoms with Crippen LogP contribution in [0.25, 0.3) is 0 Å². The summed E-state index contributed by atoms with van der Waals surface area (Å²) in [4.78, 5) is 11.0. The van der Waals surface area contributed by atoms with Crippen LogP contribution in [-0.4, -0.2) is 32.6 Å². The van der Waals surface area contributed by atoms with Gasteiger partial charge in [-0.05, 0) is 30.9 Å². The second-order valence-corrected chi connectivity index (χ2v) is 6.11. The molecule has 0 aromatic heterocycles. The number of benzene rings is 1. The fraction of sp³-hybridized carbons (Fsp3) is 0.417. The van der Waals surface area contributed by atoms with E-state index < -0.39 is 22.0 Å². The summed E-state index contributed by atoms with van der Waals surface area (Å²) in [6, 6.07) is 5.03. The van der Waals surface area contributed by atoms with E-state index in [1.54, 1.807) is 12.1 Å². The first kappa shape index (κ1) is 13.8. The molecular weight excluding hydrogens is 270 g/mol. The second kappa shape index (κ2) is 5.18. The number of carboxylic acids is 1. The van der Waals surface area contributed by atoms with Gasteiger partial charge in [0, 0.05) is 0 Å². The fourth-order valence-electron chi connectivity index (χ4n) is 1.85. The van der Waals surface area contributed by atoms with Crippen LogP contribution in [0.3, 0.4) is 0 Å². The Morgan fingerprint density at radius 1 is 1.42 bits per heavy atom. The van der Waals surface area contributed by atoms with Crippen molar-refractivity contribution in [2.75, 3.05) is 7.11 Å². The van der Waals surface area contributed by atoms with Crippen LogP contribution in [0.2, 0.25) is 0 Å². The van der Waals surface area contributed by atoms with Gasteiger partial charge in [0.1, 0.15) is 16.7 Å². The molecule has 2 rings (SSSR count). The third-order valence-electron chi connectivity index (χ3n) is 3.00. The first-order chi connectivity index (χ1) is 8.95. The smallest absolute Gasteiger partial charge is 0.322 e. The highest BCUT2D eigenvalue weighted by atomic mass is 32.2. The summed E-state index contributed by atoms with van der Waals surface area (Å²) in [5, 5.41) is 9.06. The Morgan fingerprint density at radius 3 is 2.58 bits per heavy atom. The van der Waals surface area contributed by atoms with Crippen molar-refractivity contribution in [3.8, 4) is 5.75 Å². The first-order valence-corrected chi connectivity index (χ1v) is 7.32. The third-order valence-corrected chi connectivity index (χ3v) is 4.48. The predicted octanol–water partition coefficient (Wildman–Crippen LogP) is 0.837. The molecule has 1 atom stereocenters. The van der Waals surface area contributed by atoms with Gasteiger partial charge in [-0.1, -0.05) is 12.1 Å². The van der Waals surface area contributed by atoms with Crippen LogP contribution < -0.4 is 9.46 Å². The lowest BCUT2D eigenvalue weighted by Gasteiger charge is -2.15. The molecule has 6 nitrogen and oxygen atoms in total. The maximum atomic E-state index is 12.2. The molecule has 0 spiro atoms. The molecule has 1 unspecified atom stereocenters. The summed E-state index contributed by atoms with van der Waals surface area (Å²) >= 11 is 0. The minimum absolute atomic E-state index is 0.0515. The molecule has 1 aliphatic carbocycles. The zero-order valence-electron chi connectivity index (χ0n) is 10.4. The van der Waals surface area contributed by atoms with Crippen LogP contribution in [0.1, 0.15) is 12.8 Å². The zero-order valence-corrected chi connectivity index (χ0v) is 11.2. The number of carboxylic acid groups (broad SMARTS) is 1. The summed E-state index contributed by atoms with van der Waals surface area (Å²) in [5.74, 6) is -1.09. The molecular formula is C12H15NO5S. The molecule has 0 radical (unpaired) electrons.